The van der Waals surface area contributed by atoms with Crippen LogP contribution in [0.3, 0.4) is 0 Å². The molecular weight excluding hydrogens is 450 g/mol. The minimum Gasteiger partial charge on any atom is -0.489 e. The van der Waals surface area contributed by atoms with E-state index in [0.29, 0.717) is 23.5 Å². The molecule has 1 amide bonds. The summed E-state index contributed by atoms with van der Waals surface area (Å²) in [5, 5.41) is 3.95. The van der Waals surface area contributed by atoms with E-state index in [1.807, 2.05) is 67.6 Å². The van der Waals surface area contributed by atoms with Crippen LogP contribution < -0.4 is 10.2 Å². The molecule has 0 aromatic heterocycles. The van der Waals surface area contributed by atoms with Crippen LogP contribution in [0.2, 0.25) is 0 Å². The second kappa shape index (κ2) is 11.1. The number of hydrogen-bond donors (Lipinski definition) is 1. The number of nitrogens with one attached hydrogen (secondary N) is 1. The predicted molar refractivity (Wildman–Crippen MR) is 133 cm³/mol. The molecule has 3 aromatic rings. The molecule has 3 aromatic carbocycles. The van der Waals surface area contributed by atoms with Gasteiger partial charge in [0.1, 0.15) is 12.4 Å². The van der Waals surface area contributed by atoms with Crippen molar-refractivity contribution in [3.63, 3.8) is 0 Å². The molecule has 0 aliphatic heterocycles. The van der Waals surface area contributed by atoms with Gasteiger partial charge in [0.15, 0.2) is 0 Å². The molecule has 178 valence electrons. The fourth-order valence-electron chi connectivity index (χ4n) is 3.66. The van der Waals surface area contributed by atoms with E-state index in [9.17, 15) is 13.2 Å². The first-order valence-electron chi connectivity index (χ1n) is 10.8. The molecule has 0 unspecified atom stereocenters. The van der Waals surface area contributed by atoms with Gasteiger partial charge in [-0.3, -0.25) is 4.79 Å². The molecule has 0 aliphatic carbocycles. The van der Waals surface area contributed by atoms with E-state index in [0.717, 1.165) is 21.0 Å². The van der Waals surface area contributed by atoms with Crippen molar-refractivity contribution in [2.75, 3.05) is 13.6 Å². The minimum absolute atomic E-state index is 0.226. The molecule has 0 atom stereocenters. The number of carbonyl (C=O) groups excluding carboxylic acids is 1. The molecule has 8 heteroatoms. The van der Waals surface area contributed by atoms with E-state index in [1.165, 1.54) is 13.3 Å². The van der Waals surface area contributed by atoms with E-state index >= 15 is 0 Å². The SMILES string of the molecule is Cc1cc(C)c(S(=O)(=O)N(C)CC(=O)N/N=C\c2cccc(OCc3ccccc3)c2)c(C)c1. The third kappa shape index (κ3) is 6.52. The van der Waals surface area contributed by atoms with E-state index < -0.39 is 15.9 Å². The Hall–Kier alpha value is -3.49. The fourth-order valence-corrected chi connectivity index (χ4v) is 5.19. The largest absolute Gasteiger partial charge is 0.489 e. The number of sulfonamides is 1. The van der Waals surface area contributed by atoms with Crippen LogP contribution in [0.25, 0.3) is 0 Å². The van der Waals surface area contributed by atoms with Crippen molar-refractivity contribution >= 4 is 22.1 Å². The zero-order chi connectivity index (χ0) is 24.7. The Morgan fingerprint density at radius 1 is 1.00 bits per heavy atom. The van der Waals surface area contributed by atoms with Gasteiger partial charge >= 0.3 is 0 Å². The lowest BCUT2D eigenvalue weighted by molar-refractivity contribution is -0.121. The Morgan fingerprint density at radius 3 is 2.35 bits per heavy atom. The van der Waals surface area contributed by atoms with Crippen molar-refractivity contribution in [1.29, 1.82) is 0 Å². The number of rotatable bonds is 9. The predicted octanol–water partition coefficient (Wildman–Crippen LogP) is 3.96. The summed E-state index contributed by atoms with van der Waals surface area (Å²) in [6.07, 6.45) is 1.48. The summed E-state index contributed by atoms with van der Waals surface area (Å²) in [6, 6.07) is 20.8. The summed E-state index contributed by atoms with van der Waals surface area (Å²) in [5.41, 5.74) is 6.46. The summed E-state index contributed by atoms with van der Waals surface area (Å²) < 4.78 is 32.8. The molecule has 0 spiro atoms. The highest BCUT2D eigenvalue weighted by Crippen LogP contribution is 2.24. The van der Waals surface area contributed by atoms with Gasteiger partial charge in [-0.1, -0.05) is 60.2 Å². The van der Waals surface area contributed by atoms with Gasteiger partial charge in [-0.05, 0) is 55.2 Å². The monoisotopic (exact) mass is 479 g/mol. The molecule has 0 fully saturated rings. The third-order valence-corrected chi connectivity index (χ3v) is 7.26. The molecule has 0 saturated carbocycles. The van der Waals surface area contributed by atoms with E-state index in [2.05, 4.69) is 10.5 Å². The number of carbonyl (C=O) groups is 1. The standard InChI is InChI=1S/C26H29N3O4S/c1-19-13-20(2)26(21(3)14-19)34(31,32)29(4)17-25(30)28-27-16-23-11-8-12-24(15-23)33-18-22-9-6-5-7-10-22/h5-16H,17-18H2,1-4H3,(H,28,30)/b27-16-. The second-order valence-electron chi connectivity index (χ2n) is 8.13. The highest BCUT2D eigenvalue weighted by atomic mass is 32.2. The van der Waals surface area contributed by atoms with Gasteiger partial charge in [0, 0.05) is 7.05 Å². The van der Waals surface area contributed by atoms with Crippen LogP contribution in [0.4, 0.5) is 0 Å². The number of nitrogens with zero attached hydrogens (tertiary/aromatic N) is 2. The van der Waals surface area contributed by atoms with Crippen LogP contribution in [0.1, 0.15) is 27.8 Å². The van der Waals surface area contributed by atoms with Crippen molar-refractivity contribution in [3.8, 4) is 5.75 Å². The summed E-state index contributed by atoms with van der Waals surface area (Å²) in [7, 11) is -2.44. The average Bonchev–Trinajstić information content (AvgIpc) is 2.78. The van der Waals surface area contributed by atoms with Gasteiger partial charge in [0.2, 0.25) is 10.0 Å². The number of benzene rings is 3. The zero-order valence-corrected chi connectivity index (χ0v) is 20.6. The molecule has 0 radical (unpaired) electrons. The van der Waals surface area contributed by atoms with Crippen molar-refractivity contribution < 1.29 is 17.9 Å². The van der Waals surface area contributed by atoms with Gasteiger partial charge in [0.25, 0.3) is 5.91 Å². The molecule has 0 heterocycles. The smallest absolute Gasteiger partial charge is 0.255 e. The number of aryl methyl sites for hydroxylation is 3. The maximum atomic E-state index is 13.0. The van der Waals surface area contributed by atoms with E-state index in [4.69, 9.17) is 4.74 Å². The Bertz CT molecular complexity index is 1270. The van der Waals surface area contributed by atoms with Gasteiger partial charge in [-0.25, -0.2) is 13.8 Å². The average molecular weight is 480 g/mol. The van der Waals surface area contributed by atoms with Gasteiger partial charge in [-0.2, -0.15) is 9.41 Å². The Morgan fingerprint density at radius 2 is 1.68 bits per heavy atom. The van der Waals surface area contributed by atoms with Gasteiger partial charge in [-0.15, -0.1) is 0 Å². The first kappa shape index (κ1) is 25.1. The number of hydrazone groups is 1. The van der Waals surface area contributed by atoms with Crippen molar-refractivity contribution in [3.05, 3.63) is 94.5 Å². The lowest BCUT2D eigenvalue weighted by Crippen LogP contribution is -2.37. The third-order valence-electron chi connectivity index (χ3n) is 5.15. The quantitative estimate of drug-likeness (QED) is 0.372. The maximum Gasteiger partial charge on any atom is 0.255 e. The minimum atomic E-state index is -3.82. The van der Waals surface area contributed by atoms with Crippen molar-refractivity contribution in [2.24, 2.45) is 5.10 Å². The summed E-state index contributed by atoms with van der Waals surface area (Å²) >= 11 is 0. The maximum absolute atomic E-state index is 13.0. The highest BCUT2D eigenvalue weighted by molar-refractivity contribution is 7.89. The fraction of sp³-hybridized carbons (Fsp3) is 0.231. The molecule has 0 bridgehead atoms. The molecule has 1 N–H and O–H groups in total. The van der Waals surface area contributed by atoms with Crippen LogP contribution >= 0.6 is 0 Å². The second-order valence-corrected chi connectivity index (χ2v) is 10.1. The Labute approximate surface area is 201 Å². The molecule has 7 nitrogen and oxygen atoms in total. The summed E-state index contributed by atoms with van der Waals surface area (Å²) in [5.74, 6) is 0.134. The normalized spacial score (nSPS) is 11.7. The molecule has 34 heavy (non-hydrogen) atoms. The van der Waals surface area contributed by atoms with Crippen LogP contribution in [0.15, 0.2) is 76.7 Å². The van der Waals surface area contributed by atoms with E-state index in [-0.39, 0.29) is 11.4 Å². The van der Waals surface area contributed by atoms with Crippen LogP contribution in [0.5, 0.6) is 5.75 Å². The molecular formula is C26H29N3O4S. The Balaban J connectivity index is 1.58. The zero-order valence-electron chi connectivity index (χ0n) is 19.8. The van der Waals surface area contributed by atoms with Gasteiger partial charge in [0.05, 0.1) is 17.7 Å². The highest BCUT2D eigenvalue weighted by Gasteiger charge is 2.26. The van der Waals surface area contributed by atoms with Crippen LogP contribution in [-0.4, -0.2) is 38.4 Å². The summed E-state index contributed by atoms with van der Waals surface area (Å²) in [6.45, 7) is 5.51. The summed E-state index contributed by atoms with van der Waals surface area (Å²) in [4.78, 5) is 12.5. The number of hydrogen-bond acceptors (Lipinski definition) is 5. The van der Waals surface area contributed by atoms with Crippen molar-refractivity contribution in [2.45, 2.75) is 32.3 Å². The molecule has 3 rings (SSSR count). The van der Waals surface area contributed by atoms with Crippen molar-refractivity contribution in [1.82, 2.24) is 9.73 Å². The van der Waals surface area contributed by atoms with Crippen LogP contribution in [0, 0.1) is 20.8 Å². The Kier molecular flexibility index (Phi) is 8.20. The first-order chi connectivity index (χ1) is 16.2. The van der Waals surface area contributed by atoms with E-state index in [1.54, 1.807) is 19.9 Å². The molecule has 0 saturated heterocycles. The lowest BCUT2D eigenvalue weighted by Gasteiger charge is -2.19. The topological polar surface area (TPSA) is 88.1 Å². The number of likely N-dealkylation sites (N-methyl/N-ethyl adjacent to an activating group) is 1. The van der Waals surface area contributed by atoms with Crippen LogP contribution in [-0.2, 0) is 21.4 Å². The number of amides is 1. The number of ether oxygens (including phenoxy) is 1. The lowest BCUT2D eigenvalue weighted by atomic mass is 10.1. The molecule has 0 aliphatic rings. The van der Waals surface area contributed by atoms with Gasteiger partial charge < -0.3 is 4.74 Å². The first-order valence-corrected chi connectivity index (χ1v) is 12.2.